The molecule has 3 rings (SSSR count). The summed E-state index contributed by atoms with van der Waals surface area (Å²) in [5, 5.41) is 6.68. The largest absolute Gasteiger partial charge is 0.378 e. The molecule has 3 heterocycles. The Labute approximate surface area is 135 Å². The summed E-state index contributed by atoms with van der Waals surface area (Å²) >= 11 is 0. The molecule has 0 saturated carbocycles. The van der Waals surface area contributed by atoms with Crippen LogP contribution in [-0.2, 0) is 19.6 Å². The van der Waals surface area contributed by atoms with E-state index in [1.165, 1.54) is 4.31 Å². The van der Waals surface area contributed by atoms with Gasteiger partial charge in [0.15, 0.2) is 0 Å². The SMILES string of the molecule is Cc1n[nH]c(C)c1S(=O)(=O)N1CCC[C@H]1C(=O)N1CCOCC1. The van der Waals surface area contributed by atoms with Crippen LogP contribution in [0.5, 0.6) is 0 Å². The van der Waals surface area contributed by atoms with Crippen molar-refractivity contribution in [1.29, 1.82) is 0 Å². The van der Waals surface area contributed by atoms with E-state index in [0.717, 1.165) is 0 Å². The van der Waals surface area contributed by atoms with Crippen LogP contribution in [0.3, 0.4) is 0 Å². The number of hydrogen-bond donors (Lipinski definition) is 1. The van der Waals surface area contributed by atoms with Crippen LogP contribution in [0.25, 0.3) is 0 Å². The molecule has 1 atom stereocenters. The summed E-state index contributed by atoms with van der Waals surface area (Å²) in [7, 11) is -3.73. The number of aromatic amines is 1. The van der Waals surface area contributed by atoms with Gasteiger partial charge in [0.1, 0.15) is 10.9 Å². The Morgan fingerprint density at radius 1 is 1.26 bits per heavy atom. The van der Waals surface area contributed by atoms with Crippen molar-refractivity contribution in [2.45, 2.75) is 37.6 Å². The molecule has 1 amide bonds. The van der Waals surface area contributed by atoms with E-state index >= 15 is 0 Å². The van der Waals surface area contributed by atoms with Gasteiger partial charge >= 0.3 is 0 Å². The fourth-order valence-corrected chi connectivity index (χ4v) is 5.29. The summed E-state index contributed by atoms with van der Waals surface area (Å²) in [6, 6.07) is -0.619. The summed E-state index contributed by atoms with van der Waals surface area (Å²) in [5.74, 6) is -0.117. The fourth-order valence-electron chi connectivity index (χ4n) is 3.31. The number of nitrogens with zero attached hydrogens (tertiary/aromatic N) is 3. The summed E-state index contributed by atoms with van der Waals surface area (Å²) in [6.07, 6.45) is 1.25. The van der Waals surface area contributed by atoms with Crippen molar-refractivity contribution in [2.24, 2.45) is 0 Å². The zero-order valence-corrected chi connectivity index (χ0v) is 14.2. The standard InChI is InChI=1S/C14H22N4O4S/c1-10-13(11(2)16-15-10)23(20,21)18-5-3-4-12(18)14(19)17-6-8-22-9-7-17/h12H,3-9H2,1-2H3,(H,15,16)/t12-/m0/s1. The van der Waals surface area contributed by atoms with E-state index in [0.29, 0.717) is 57.1 Å². The lowest BCUT2D eigenvalue weighted by Gasteiger charge is -2.32. The van der Waals surface area contributed by atoms with Crippen LogP contribution in [0.1, 0.15) is 24.2 Å². The molecule has 0 unspecified atom stereocenters. The van der Waals surface area contributed by atoms with Gasteiger partial charge in [-0.3, -0.25) is 9.89 Å². The van der Waals surface area contributed by atoms with Crippen LogP contribution < -0.4 is 0 Å². The van der Waals surface area contributed by atoms with E-state index in [1.54, 1.807) is 18.7 Å². The van der Waals surface area contributed by atoms with Gasteiger partial charge in [0, 0.05) is 19.6 Å². The number of aromatic nitrogens is 2. The maximum atomic E-state index is 13.0. The average Bonchev–Trinajstić information content (AvgIpc) is 3.15. The molecule has 0 bridgehead atoms. The first-order valence-electron chi connectivity index (χ1n) is 7.83. The topological polar surface area (TPSA) is 95.6 Å². The summed E-state index contributed by atoms with van der Waals surface area (Å²) in [6.45, 7) is 5.76. The number of nitrogens with one attached hydrogen (secondary N) is 1. The second-order valence-corrected chi connectivity index (χ2v) is 7.80. The maximum Gasteiger partial charge on any atom is 0.247 e. The second kappa shape index (κ2) is 6.21. The minimum atomic E-state index is -3.73. The summed E-state index contributed by atoms with van der Waals surface area (Å²) < 4.78 is 32.6. The number of carbonyl (C=O) groups excluding carboxylic acids is 1. The second-order valence-electron chi connectivity index (χ2n) is 5.97. The minimum Gasteiger partial charge on any atom is -0.378 e. The molecule has 2 fully saturated rings. The van der Waals surface area contributed by atoms with Gasteiger partial charge in [0.2, 0.25) is 15.9 Å². The quantitative estimate of drug-likeness (QED) is 0.837. The lowest BCUT2D eigenvalue weighted by Crippen LogP contribution is -2.51. The highest BCUT2D eigenvalue weighted by Crippen LogP contribution is 2.29. The maximum absolute atomic E-state index is 13.0. The number of amides is 1. The third-order valence-electron chi connectivity index (χ3n) is 4.44. The number of hydrogen-bond acceptors (Lipinski definition) is 5. The van der Waals surface area contributed by atoms with Gasteiger partial charge in [-0.05, 0) is 26.7 Å². The Hall–Kier alpha value is -1.45. The van der Waals surface area contributed by atoms with Crippen LogP contribution in [0.15, 0.2) is 4.90 Å². The van der Waals surface area contributed by atoms with Crippen LogP contribution in [0.4, 0.5) is 0 Å². The molecule has 2 saturated heterocycles. The van der Waals surface area contributed by atoms with Crippen LogP contribution >= 0.6 is 0 Å². The van der Waals surface area contributed by atoms with Gasteiger partial charge < -0.3 is 9.64 Å². The lowest BCUT2D eigenvalue weighted by atomic mass is 10.2. The average molecular weight is 342 g/mol. The number of H-pyrrole nitrogens is 1. The van der Waals surface area contributed by atoms with E-state index in [2.05, 4.69) is 10.2 Å². The third-order valence-corrected chi connectivity index (χ3v) is 6.61. The molecule has 0 aliphatic carbocycles. The van der Waals surface area contributed by atoms with E-state index in [-0.39, 0.29) is 10.8 Å². The fraction of sp³-hybridized carbons (Fsp3) is 0.714. The van der Waals surface area contributed by atoms with Crippen molar-refractivity contribution < 1.29 is 17.9 Å². The van der Waals surface area contributed by atoms with Gasteiger partial charge in [0.05, 0.1) is 24.6 Å². The molecule has 1 aromatic rings. The van der Waals surface area contributed by atoms with Gasteiger partial charge in [-0.2, -0.15) is 9.40 Å². The van der Waals surface area contributed by atoms with E-state index in [4.69, 9.17) is 4.74 Å². The Morgan fingerprint density at radius 3 is 2.57 bits per heavy atom. The van der Waals surface area contributed by atoms with Crippen molar-refractivity contribution in [3.8, 4) is 0 Å². The Bertz CT molecular complexity index is 674. The number of rotatable bonds is 3. The molecule has 1 aromatic heterocycles. The molecule has 0 aromatic carbocycles. The Kier molecular flexibility index (Phi) is 4.43. The van der Waals surface area contributed by atoms with Crippen LogP contribution in [0, 0.1) is 13.8 Å². The molecule has 2 aliphatic heterocycles. The van der Waals surface area contributed by atoms with Gasteiger partial charge in [-0.1, -0.05) is 0 Å². The smallest absolute Gasteiger partial charge is 0.247 e. The summed E-state index contributed by atoms with van der Waals surface area (Å²) in [5.41, 5.74) is 0.943. The zero-order chi connectivity index (χ0) is 16.6. The molecular formula is C14H22N4O4S. The molecule has 2 aliphatic rings. The first-order chi connectivity index (χ1) is 10.9. The number of sulfonamides is 1. The molecular weight excluding hydrogens is 320 g/mol. The molecule has 0 radical (unpaired) electrons. The highest BCUT2D eigenvalue weighted by atomic mass is 32.2. The predicted molar refractivity (Wildman–Crippen MR) is 82.4 cm³/mol. The number of morpholine rings is 1. The van der Waals surface area contributed by atoms with Crippen molar-refractivity contribution >= 4 is 15.9 Å². The van der Waals surface area contributed by atoms with E-state index in [1.807, 2.05) is 0 Å². The van der Waals surface area contributed by atoms with Crippen molar-refractivity contribution in [2.75, 3.05) is 32.8 Å². The van der Waals surface area contributed by atoms with Crippen molar-refractivity contribution in [3.05, 3.63) is 11.4 Å². The monoisotopic (exact) mass is 342 g/mol. The highest BCUT2D eigenvalue weighted by molar-refractivity contribution is 7.89. The third kappa shape index (κ3) is 2.88. The number of carbonyl (C=O) groups is 1. The lowest BCUT2D eigenvalue weighted by molar-refractivity contribution is -0.138. The predicted octanol–water partition coefficient (Wildman–Crippen LogP) is 0.0384. The van der Waals surface area contributed by atoms with Crippen molar-refractivity contribution in [3.63, 3.8) is 0 Å². The summed E-state index contributed by atoms with van der Waals surface area (Å²) in [4.78, 5) is 14.6. The molecule has 1 N–H and O–H groups in total. The first-order valence-corrected chi connectivity index (χ1v) is 9.27. The molecule has 9 heteroatoms. The molecule has 128 valence electrons. The normalized spacial score (nSPS) is 23.4. The van der Waals surface area contributed by atoms with E-state index < -0.39 is 16.1 Å². The van der Waals surface area contributed by atoms with Gasteiger partial charge in [0.25, 0.3) is 0 Å². The zero-order valence-electron chi connectivity index (χ0n) is 13.4. The molecule has 23 heavy (non-hydrogen) atoms. The highest BCUT2D eigenvalue weighted by Gasteiger charge is 2.42. The van der Waals surface area contributed by atoms with Gasteiger partial charge in [-0.15, -0.1) is 0 Å². The molecule has 0 spiro atoms. The van der Waals surface area contributed by atoms with E-state index in [9.17, 15) is 13.2 Å². The Morgan fingerprint density at radius 2 is 1.96 bits per heavy atom. The number of ether oxygens (including phenoxy) is 1. The molecule has 8 nitrogen and oxygen atoms in total. The van der Waals surface area contributed by atoms with Crippen molar-refractivity contribution in [1.82, 2.24) is 19.4 Å². The number of aryl methyl sites for hydroxylation is 2. The minimum absolute atomic E-state index is 0.117. The van der Waals surface area contributed by atoms with Crippen LogP contribution in [0.2, 0.25) is 0 Å². The van der Waals surface area contributed by atoms with Crippen LogP contribution in [-0.4, -0.2) is 72.6 Å². The Balaban J connectivity index is 1.87. The van der Waals surface area contributed by atoms with Gasteiger partial charge in [-0.25, -0.2) is 8.42 Å². The first kappa shape index (κ1) is 16.4.